The molecule has 2 amide bonds. The third-order valence-corrected chi connectivity index (χ3v) is 3.92. The number of amides is 2. The van der Waals surface area contributed by atoms with Crippen LogP contribution in [0.3, 0.4) is 0 Å². The van der Waals surface area contributed by atoms with Crippen LogP contribution in [0, 0.1) is 10.1 Å². The highest BCUT2D eigenvalue weighted by Crippen LogP contribution is 2.20. The maximum absolute atomic E-state index is 11.8. The number of nitrogens with one attached hydrogen (secondary N) is 2. The summed E-state index contributed by atoms with van der Waals surface area (Å²) >= 11 is 0. The number of nitro groups is 1. The van der Waals surface area contributed by atoms with Gasteiger partial charge in [-0.05, 0) is 34.5 Å². The number of nitrogens with zero attached hydrogens (tertiary/aromatic N) is 1. The van der Waals surface area contributed by atoms with Gasteiger partial charge in [0.2, 0.25) is 0 Å². The Morgan fingerprint density at radius 1 is 0.966 bits per heavy atom. The Balaban J connectivity index is 1.46. The van der Waals surface area contributed by atoms with Gasteiger partial charge in [0.1, 0.15) is 5.75 Å². The lowest BCUT2D eigenvalue weighted by Gasteiger charge is -2.08. The highest BCUT2D eigenvalue weighted by molar-refractivity contribution is 5.93. The van der Waals surface area contributed by atoms with Gasteiger partial charge in [-0.2, -0.15) is 0 Å². The van der Waals surface area contributed by atoms with Gasteiger partial charge >= 0.3 is 0 Å². The molecule has 2 N–H and O–H groups in total. The predicted octanol–water partition coefficient (Wildman–Crippen LogP) is 2.99. The number of fused-ring (bicyclic) bond motifs is 1. The van der Waals surface area contributed by atoms with Gasteiger partial charge in [0.25, 0.3) is 17.5 Å². The molecule has 3 aromatic rings. The largest absolute Gasteiger partial charge is 0.484 e. The average molecular weight is 391 g/mol. The fourth-order valence-electron chi connectivity index (χ4n) is 2.53. The third kappa shape index (κ3) is 5.64. The SMILES string of the molecule is O=C(/C=C/c1cccc([N+](=O)[O-])c1)NNC(=O)COc1ccc2ccccc2c1. The summed E-state index contributed by atoms with van der Waals surface area (Å²) < 4.78 is 5.43. The van der Waals surface area contributed by atoms with Crippen molar-refractivity contribution in [2.45, 2.75) is 0 Å². The molecule has 0 bridgehead atoms. The summed E-state index contributed by atoms with van der Waals surface area (Å²) in [6, 6.07) is 19.1. The van der Waals surface area contributed by atoms with Gasteiger partial charge in [-0.1, -0.05) is 42.5 Å². The van der Waals surface area contributed by atoms with E-state index in [4.69, 9.17) is 4.74 Å². The molecule has 29 heavy (non-hydrogen) atoms. The Morgan fingerprint density at radius 2 is 1.76 bits per heavy atom. The van der Waals surface area contributed by atoms with Gasteiger partial charge in [0.05, 0.1) is 4.92 Å². The van der Waals surface area contributed by atoms with Crippen molar-refractivity contribution in [3.05, 3.63) is 88.5 Å². The molecule has 0 spiro atoms. The Hall–Kier alpha value is -4.20. The second-order valence-electron chi connectivity index (χ2n) is 6.02. The summed E-state index contributed by atoms with van der Waals surface area (Å²) in [4.78, 5) is 33.8. The summed E-state index contributed by atoms with van der Waals surface area (Å²) in [7, 11) is 0. The molecule has 3 aromatic carbocycles. The zero-order valence-corrected chi connectivity index (χ0v) is 15.2. The fourth-order valence-corrected chi connectivity index (χ4v) is 2.53. The first-order chi connectivity index (χ1) is 14.0. The molecule has 146 valence electrons. The summed E-state index contributed by atoms with van der Waals surface area (Å²) in [5.41, 5.74) is 4.86. The number of ether oxygens (including phenoxy) is 1. The van der Waals surface area contributed by atoms with Gasteiger partial charge in [-0.15, -0.1) is 0 Å². The second kappa shape index (κ2) is 9.14. The molecule has 0 atom stereocenters. The van der Waals surface area contributed by atoms with Crippen LogP contribution in [0.2, 0.25) is 0 Å². The quantitative estimate of drug-likeness (QED) is 0.381. The molecule has 8 heteroatoms. The number of non-ortho nitro benzene ring substituents is 1. The van der Waals surface area contributed by atoms with E-state index in [1.807, 2.05) is 36.4 Å². The van der Waals surface area contributed by atoms with Gasteiger partial charge in [0, 0.05) is 18.2 Å². The van der Waals surface area contributed by atoms with Crippen LogP contribution in [0.25, 0.3) is 16.8 Å². The van der Waals surface area contributed by atoms with Crippen molar-refractivity contribution >= 4 is 34.4 Å². The van der Waals surface area contributed by atoms with Crippen LogP contribution >= 0.6 is 0 Å². The maximum Gasteiger partial charge on any atom is 0.276 e. The van der Waals surface area contributed by atoms with Crippen molar-refractivity contribution in [2.24, 2.45) is 0 Å². The molecular weight excluding hydrogens is 374 g/mol. The molecule has 0 saturated carbocycles. The predicted molar refractivity (Wildman–Crippen MR) is 108 cm³/mol. The standard InChI is InChI=1S/C21H17N3O5/c25-20(11-8-15-4-3-7-18(12-15)24(27)28)22-23-21(26)14-29-19-10-9-16-5-1-2-6-17(16)13-19/h1-13H,14H2,(H,22,25)(H,23,26)/b11-8+. The van der Waals surface area contributed by atoms with Crippen molar-refractivity contribution < 1.29 is 19.2 Å². The Bertz CT molecular complexity index is 1090. The number of hydrazine groups is 1. The Kier molecular flexibility index (Phi) is 6.16. The number of hydrogen-bond donors (Lipinski definition) is 2. The molecule has 0 aliphatic heterocycles. The molecular formula is C21H17N3O5. The Morgan fingerprint density at radius 3 is 2.55 bits per heavy atom. The van der Waals surface area contributed by atoms with E-state index in [2.05, 4.69) is 10.9 Å². The van der Waals surface area contributed by atoms with E-state index in [1.165, 1.54) is 24.3 Å². The van der Waals surface area contributed by atoms with Gasteiger partial charge in [-0.3, -0.25) is 30.6 Å². The maximum atomic E-state index is 11.8. The lowest BCUT2D eigenvalue weighted by molar-refractivity contribution is -0.384. The van der Waals surface area contributed by atoms with Crippen LogP contribution < -0.4 is 15.6 Å². The first-order valence-electron chi connectivity index (χ1n) is 8.64. The summed E-state index contributed by atoms with van der Waals surface area (Å²) in [6.07, 6.45) is 2.56. The van der Waals surface area contributed by atoms with Crippen molar-refractivity contribution in [1.82, 2.24) is 10.9 Å². The highest BCUT2D eigenvalue weighted by Gasteiger charge is 2.06. The fraction of sp³-hybridized carbons (Fsp3) is 0.0476. The van der Waals surface area contributed by atoms with E-state index in [-0.39, 0.29) is 12.3 Å². The van der Waals surface area contributed by atoms with E-state index in [0.29, 0.717) is 11.3 Å². The molecule has 8 nitrogen and oxygen atoms in total. The van der Waals surface area contributed by atoms with E-state index < -0.39 is 16.7 Å². The van der Waals surface area contributed by atoms with Crippen molar-refractivity contribution in [3.8, 4) is 5.75 Å². The van der Waals surface area contributed by atoms with Crippen LogP contribution in [0.5, 0.6) is 5.75 Å². The first-order valence-corrected chi connectivity index (χ1v) is 8.64. The number of rotatable bonds is 6. The van der Waals surface area contributed by atoms with Crippen molar-refractivity contribution in [3.63, 3.8) is 0 Å². The first kappa shape index (κ1) is 19.6. The van der Waals surface area contributed by atoms with Crippen molar-refractivity contribution in [1.29, 1.82) is 0 Å². The number of carbonyl (C=O) groups excluding carboxylic acids is 2. The van der Waals surface area contributed by atoms with Crippen molar-refractivity contribution in [2.75, 3.05) is 6.61 Å². The van der Waals surface area contributed by atoms with E-state index >= 15 is 0 Å². The number of hydrogen-bond acceptors (Lipinski definition) is 5. The van der Waals surface area contributed by atoms with Gasteiger partial charge in [-0.25, -0.2) is 0 Å². The minimum atomic E-state index is -0.587. The molecule has 0 aliphatic carbocycles. The highest BCUT2D eigenvalue weighted by atomic mass is 16.6. The zero-order chi connectivity index (χ0) is 20.6. The van der Waals surface area contributed by atoms with Gasteiger partial charge in [0.15, 0.2) is 6.61 Å². The van der Waals surface area contributed by atoms with Crippen LogP contribution in [0.4, 0.5) is 5.69 Å². The smallest absolute Gasteiger partial charge is 0.276 e. The molecule has 0 unspecified atom stereocenters. The third-order valence-electron chi connectivity index (χ3n) is 3.92. The summed E-state index contributed by atoms with van der Waals surface area (Å²) in [6.45, 7) is -0.271. The Labute approximate surface area is 165 Å². The van der Waals surface area contributed by atoms with Gasteiger partial charge < -0.3 is 4.74 Å². The molecule has 0 saturated heterocycles. The number of carbonyl (C=O) groups is 2. The zero-order valence-electron chi connectivity index (χ0n) is 15.2. The molecule has 0 radical (unpaired) electrons. The number of nitro benzene ring substituents is 1. The van der Waals surface area contributed by atoms with Crippen LogP contribution in [-0.2, 0) is 9.59 Å². The summed E-state index contributed by atoms with van der Waals surface area (Å²) in [5, 5.41) is 12.8. The van der Waals surface area contributed by atoms with E-state index in [0.717, 1.165) is 16.8 Å². The lowest BCUT2D eigenvalue weighted by Crippen LogP contribution is -2.43. The topological polar surface area (TPSA) is 111 Å². The summed E-state index contributed by atoms with van der Waals surface area (Å²) in [5.74, 6) is -0.582. The molecule has 0 aliphatic rings. The molecule has 0 fully saturated rings. The molecule has 0 aromatic heterocycles. The van der Waals surface area contributed by atoms with E-state index in [1.54, 1.807) is 12.1 Å². The van der Waals surface area contributed by atoms with Crippen LogP contribution in [0.15, 0.2) is 72.8 Å². The minimum absolute atomic E-state index is 0.0771. The lowest BCUT2D eigenvalue weighted by atomic mass is 10.1. The normalized spacial score (nSPS) is 10.6. The second-order valence-corrected chi connectivity index (χ2v) is 6.02. The molecule has 3 rings (SSSR count). The van der Waals surface area contributed by atoms with E-state index in [9.17, 15) is 19.7 Å². The minimum Gasteiger partial charge on any atom is -0.484 e. The average Bonchev–Trinajstić information content (AvgIpc) is 2.74. The van der Waals surface area contributed by atoms with Crippen LogP contribution in [-0.4, -0.2) is 23.3 Å². The van der Waals surface area contributed by atoms with Crippen LogP contribution in [0.1, 0.15) is 5.56 Å². The monoisotopic (exact) mass is 391 g/mol. The number of benzene rings is 3. The molecule has 0 heterocycles.